The van der Waals surface area contributed by atoms with Crippen molar-refractivity contribution in [3.8, 4) is 34.5 Å². The lowest BCUT2D eigenvalue weighted by atomic mass is 10.1. The predicted octanol–water partition coefficient (Wildman–Crippen LogP) is 5.27. The van der Waals surface area contributed by atoms with E-state index in [9.17, 15) is 0 Å². The van der Waals surface area contributed by atoms with E-state index in [0.717, 1.165) is 50.1 Å². The van der Waals surface area contributed by atoms with Gasteiger partial charge >= 0.3 is 0 Å². The molecule has 0 aliphatic heterocycles. The molecule has 4 rings (SSSR count). The lowest BCUT2D eigenvalue weighted by Gasteiger charge is -2.43. The van der Waals surface area contributed by atoms with Gasteiger partial charge in [0.25, 0.3) is 0 Å². The smallest absolute Gasteiger partial charge is 0.187 e. The lowest BCUT2D eigenvalue weighted by Crippen LogP contribution is -2.71. The van der Waals surface area contributed by atoms with Crippen molar-refractivity contribution in [3.63, 3.8) is 0 Å². The fraction of sp³-hybridized carbons (Fsp3) is 0.333. The maximum atomic E-state index is 6.17. The van der Waals surface area contributed by atoms with Crippen LogP contribution in [0.1, 0.15) is 27.7 Å². The van der Waals surface area contributed by atoms with E-state index in [1.54, 1.807) is 42.7 Å². The van der Waals surface area contributed by atoms with Crippen molar-refractivity contribution in [2.24, 2.45) is 0 Å². The van der Waals surface area contributed by atoms with Gasteiger partial charge in [0.2, 0.25) is 0 Å². The van der Waals surface area contributed by atoms with E-state index in [4.69, 9.17) is 28.4 Å². The summed E-state index contributed by atoms with van der Waals surface area (Å²) in [5.41, 5.74) is 5.03. The molecule has 0 heterocycles. The second-order valence-electron chi connectivity index (χ2n) is 9.97. The second-order valence-corrected chi connectivity index (χ2v) is 13.7. The Balaban J connectivity index is 2.48. The minimum absolute atomic E-state index is 0.0619. The number of hydrogen-bond donors (Lipinski definition) is 0. The molecule has 1 aliphatic rings. The Bertz CT molecular complexity index is 1250. The molecule has 7 heteroatoms. The van der Waals surface area contributed by atoms with Crippen molar-refractivity contribution in [2.75, 3.05) is 42.7 Å². The van der Waals surface area contributed by atoms with Crippen LogP contribution in [0.3, 0.4) is 0 Å². The molecule has 0 aromatic heterocycles. The normalized spacial score (nSPS) is 13.9. The molecule has 0 saturated carbocycles. The van der Waals surface area contributed by atoms with Crippen molar-refractivity contribution in [1.29, 1.82) is 0 Å². The fourth-order valence-electron chi connectivity index (χ4n) is 6.53. The quantitative estimate of drug-likeness (QED) is 0.249. The van der Waals surface area contributed by atoms with E-state index in [2.05, 4.69) is 27.7 Å². The summed E-state index contributed by atoms with van der Waals surface area (Å²) in [6.45, 7) is 8.86. The average molecular weight is 561 g/mol. The standard InChI is InChI=1S/C33H40O6Si/c1-20-21(2)23(4)30(22(20)3)40(31-24(34-5)14-11-15-25(31)35-6,32-26(36-7)16-12-17-27(32)37-8)33-28(38-9)18-13-19-29(33)39-10/h11-19,30H,1-10H3. The summed E-state index contributed by atoms with van der Waals surface area (Å²) in [4.78, 5) is 0. The monoisotopic (exact) mass is 560 g/mol. The van der Waals surface area contributed by atoms with E-state index in [1.165, 1.54) is 22.3 Å². The van der Waals surface area contributed by atoms with Crippen molar-refractivity contribution < 1.29 is 28.4 Å². The van der Waals surface area contributed by atoms with E-state index in [1.807, 2.05) is 54.6 Å². The summed E-state index contributed by atoms with van der Waals surface area (Å²) in [5, 5.41) is 2.87. The lowest BCUT2D eigenvalue weighted by molar-refractivity contribution is 0.395. The second kappa shape index (κ2) is 11.7. The van der Waals surface area contributed by atoms with E-state index in [-0.39, 0.29) is 5.54 Å². The zero-order chi connectivity index (χ0) is 29.2. The van der Waals surface area contributed by atoms with Gasteiger partial charge in [0, 0.05) is 21.1 Å². The number of allylic oxidation sites excluding steroid dienone is 4. The van der Waals surface area contributed by atoms with Crippen LogP contribution in [0.15, 0.2) is 76.9 Å². The van der Waals surface area contributed by atoms with Gasteiger partial charge < -0.3 is 28.4 Å². The highest BCUT2D eigenvalue weighted by molar-refractivity contribution is 7.15. The number of hydrogen-bond acceptors (Lipinski definition) is 6. The van der Waals surface area contributed by atoms with Gasteiger partial charge in [-0.2, -0.15) is 0 Å². The molecule has 6 nitrogen and oxygen atoms in total. The SMILES string of the molecule is COc1cccc(OC)c1[Si](c1c(OC)cccc1OC)(c1c(OC)cccc1OC)C1C(C)=C(C)C(C)=C1C. The number of ether oxygens (including phenoxy) is 6. The Hall–Kier alpha value is -3.84. The third kappa shape index (κ3) is 4.24. The number of methoxy groups -OCH3 is 6. The third-order valence-electron chi connectivity index (χ3n) is 8.51. The molecule has 0 fully saturated rings. The average Bonchev–Trinajstić information content (AvgIpc) is 3.19. The summed E-state index contributed by atoms with van der Waals surface area (Å²) < 4.78 is 37.0. The maximum absolute atomic E-state index is 6.17. The molecule has 0 unspecified atom stereocenters. The number of rotatable bonds is 10. The molecule has 0 radical (unpaired) electrons. The van der Waals surface area contributed by atoms with Gasteiger partial charge in [0.1, 0.15) is 34.5 Å². The summed E-state index contributed by atoms with van der Waals surface area (Å²) in [6.07, 6.45) is 0. The molecular weight excluding hydrogens is 520 g/mol. The van der Waals surface area contributed by atoms with Crippen LogP contribution in [0.4, 0.5) is 0 Å². The van der Waals surface area contributed by atoms with Crippen molar-refractivity contribution in [1.82, 2.24) is 0 Å². The highest BCUT2D eigenvalue weighted by Gasteiger charge is 2.58. The summed E-state index contributed by atoms with van der Waals surface area (Å²) in [5.74, 6) is 4.30. The van der Waals surface area contributed by atoms with E-state index >= 15 is 0 Å². The van der Waals surface area contributed by atoms with Crippen LogP contribution in [-0.2, 0) is 0 Å². The van der Waals surface area contributed by atoms with Crippen LogP contribution < -0.4 is 44.0 Å². The Morgan fingerprint density at radius 3 is 0.850 bits per heavy atom. The highest BCUT2D eigenvalue weighted by atomic mass is 28.3. The first-order chi connectivity index (χ1) is 19.3. The minimum Gasteiger partial charge on any atom is -0.497 e. The molecule has 212 valence electrons. The van der Waals surface area contributed by atoms with Gasteiger partial charge in [-0.1, -0.05) is 29.3 Å². The predicted molar refractivity (Wildman–Crippen MR) is 164 cm³/mol. The van der Waals surface area contributed by atoms with Crippen LogP contribution >= 0.6 is 0 Å². The molecule has 3 aromatic carbocycles. The molecule has 0 amide bonds. The fourth-order valence-corrected chi connectivity index (χ4v) is 13.3. The van der Waals surface area contributed by atoms with Crippen LogP contribution in [0.25, 0.3) is 0 Å². The van der Waals surface area contributed by atoms with Crippen molar-refractivity contribution in [3.05, 3.63) is 76.9 Å². The molecule has 1 aliphatic carbocycles. The molecule has 0 atom stereocenters. The molecule has 0 N–H and O–H groups in total. The topological polar surface area (TPSA) is 55.4 Å². The van der Waals surface area contributed by atoms with Gasteiger partial charge in [0.05, 0.1) is 42.7 Å². The van der Waals surface area contributed by atoms with Crippen molar-refractivity contribution in [2.45, 2.75) is 33.2 Å². The first-order valence-electron chi connectivity index (χ1n) is 13.3. The van der Waals surface area contributed by atoms with Crippen LogP contribution in [0.5, 0.6) is 34.5 Å². The van der Waals surface area contributed by atoms with E-state index < -0.39 is 8.07 Å². The molecule has 3 aromatic rings. The Morgan fingerprint density at radius 2 is 0.650 bits per heavy atom. The highest BCUT2D eigenvalue weighted by Crippen LogP contribution is 2.50. The van der Waals surface area contributed by atoms with Crippen LogP contribution in [0, 0.1) is 0 Å². The Kier molecular flexibility index (Phi) is 8.54. The van der Waals surface area contributed by atoms with Crippen LogP contribution in [-0.4, -0.2) is 50.7 Å². The summed E-state index contributed by atoms with van der Waals surface area (Å²) in [6, 6.07) is 17.8. The van der Waals surface area contributed by atoms with E-state index in [0.29, 0.717) is 0 Å². The summed E-state index contributed by atoms with van der Waals surface area (Å²) in [7, 11) is 6.75. The van der Waals surface area contributed by atoms with Crippen LogP contribution in [0.2, 0.25) is 5.54 Å². The third-order valence-corrected chi connectivity index (χ3v) is 14.1. The first kappa shape index (κ1) is 29.1. The van der Waals surface area contributed by atoms with Gasteiger partial charge in [-0.3, -0.25) is 0 Å². The largest absolute Gasteiger partial charge is 0.497 e. The van der Waals surface area contributed by atoms with Gasteiger partial charge in [-0.15, -0.1) is 0 Å². The van der Waals surface area contributed by atoms with Gasteiger partial charge in [-0.25, -0.2) is 0 Å². The molecule has 40 heavy (non-hydrogen) atoms. The Morgan fingerprint density at radius 1 is 0.425 bits per heavy atom. The minimum atomic E-state index is -3.46. The van der Waals surface area contributed by atoms with Crippen molar-refractivity contribution >= 4 is 23.6 Å². The molecule has 0 bridgehead atoms. The molecule has 0 spiro atoms. The molecule has 0 saturated heterocycles. The Labute approximate surface area is 239 Å². The van der Waals surface area contributed by atoms with Gasteiger partial charge in [0.15, 0.2) is 8.07 Å². The summed E-state index contributed by atoms with van der Waals surface area (Å²) >= 11 is 0. The number of benzene rings is 3. The maximum Gasteiger partial charge on any atom is 0.187 e. The molecular formula is C33H40O6Si. The first-order valence-corrected chi connectivity index (χ1v) is 15.3. The zero-order valence-corrected chi connectivity index (χ0v) is 26.2. The zero-order valence-electron chi connectivity index (χ0n) is 25.2. The van der Waals surface area contributed by atoms with Gasteiger partial charge in [-0.05, 0) is 75.2 Å².